The molecule has 1 atom stereocenters. The molecule has 4 aromatic rings. The van der Waals surface area contributed by atoms with E-state index in [-0.39, 0.29) is 35.0 Å². The Kier molecular flexibility index (Phi) is 5.89. The van der Waals surface area contributed by atoms with Crippen LogP contribution in [-0.2, 0) is 20.0 Å². The van der Waals surface area contributed by atoms with E-state index < -0.39 is 17.7 Å². The molecule has 0 spiro atoms. The molecular formula is C28H29F2N7O2. The van der Waals surface area contributed by atoms with Crippen molar-refractivity contribution in [1.29, 1.82) is 0 Å². The van der Waals surface area contributed by atoms with Gasteiger partial charge >= 0.3 is 0 Å². The number of amides is 1. The van der Waals surface area contributed by atoms with Gasteiger partial charge in [-0.25, -0.2) is 13.8 Å². The molecule has 9 nitrogen and oxygen atoms in total. The maximum absolute atomic E-state index is 15.5. The second-order valence-corrected chi connectivity index (χ2v) is 10.6. The van der Waals surface area contributed by atoms with Crippen LogP contribution in [0, 0.1) is 17.6 Å². The lowest BCUT2D eigenvalue weighted by Crippen LogP contribution is -2.23. The molecule has 1 aromatic carbocycles. The van der Waals surface area contributed by atoms with Crippen LogP contribution in [0.3, 0.4) is 0 Å². The molecular weight excluding hydrogens is 504 g/mol. The molecule has 0 unspecified atom stereocenters. The van der Waals surface area contributed by atoms with Gasteiger partial charge in [-0.05, 0) is 37.8 Å². The van der Waals surface area contributed by atoms with Gasteiger partial charge in [-0.1, -0.05) is 0 Å². The minimum atomic E-state index is -0.777. The summed E-state index contributed by atoms with van der Waals surface area (Å²) in [5.74, 6) is -0.859. The Balaban J connectivity index is 1.68. The maximum Gasteiger partial charge on any atom is 0.274 e. The van der Waals surface area contributed by atoms with Gasteiger partial charge in [0.15, 0.2) is 17.3 Å². The number of halogens is 2. The number of hydrogen-bond donors (Lipinski definition) is 1. The Bertz CT molecular complexity index is 1620. The Hall–Kier alpha value is -4.28. The van der Waals surface area contributed by atoms with Crippen molar-refractivity contribution in [3.05, 3.63) is 64.6 Å². The number of rotatable bonds is 3. The Morgan fingerprint density at radius 2 is 1.97 bits per heavy atom. The first kappa shape index (κ1) is 25.0. The minimum Gasteiger partial charge on any atom is -0.482 e. The second-order valence-electron chi connectivity index (χ2n) is 10.6. The van der Waals surface area contributed by atoms with Gasteiger partial charge in [0.25, 0.3) is 5.91 Å². The number of benzene rings is 1. The van der Waals surface area contributed by atoms with E-state index in [1.165, 1.54) is 11.0 Å². The summed E-state index contributed by atoms with van der Waals surface area (Å²) in [5.41, 5.74) is 10.0. The Labute approximate surface area is 224 Å². The lowest BCUT2D eigenvalue weighted by atomic mass is 9.93. The molecule has 0 radical (unpaired) electrons. The predicted molar refractivity (Wildman–Crippen MR) is 141 cm³/mol. The smallest absolute Gasteiger partial charge is 0.274 e. The van der Waals surface area contributed by atoms with Crippen LogP contribution >= 0.6 is 0 Å². The average Bonchev–Trinajstić information content (AvgIpc) is 3.52. The van der Waals surface area contributed by atoms with Crippen LogP contribution in [0.15, 0.2) is 30.6 Å². The molecule has 3 aromatic heterocycles. The quantitative estimate of drug-likeness (QED) is 0.420. The summed E-state index contributed by atoms with van der Waals surface area (Å²) >= 11 is 0. The number of aromatic nitrogens is 5. The van der Waals surface area contributed by atoms with Crippen molar-refractivity contribution in [3.63, 3.8) is 0 Å². The SMILES string of the molecule is C[C@H]1Oc2cc(cnc2N)-c2c(c(C(=O)N(C)C)nn2CC2CC2)Cc2cn(C)nc2-c2c(F)cc(F)cc21. The number of fused-ring (bicyclic) bond motifs is 7. The van der Waals surface area contributed by atoms with Crippen molar-refractivity contribution in [3.8, 4) is 28.3 Å². The van der Waals surface area contributed by atoms with Crippen LogP contribution in [0.4, 0.5) is 14.6 Å². The normalized spacial score (nSPS) is 16.3. The molecule has 2 bridgehead atoms. The molecule has 6 rings (SSSR count). The third kappa shape index (κ3) is 4.41. The molecule has 11 heteroatoms. The lowest BCUT2D eigenvalue weighted by Gasteiger charge is -2.21. The second kappa shape index (κ2) is 9.18. The number of carbonyl (C=O) groups excluding carboxylic acids is 1. The standard InChI is InChI=1S/C28H29F2N7O2/c1-14-19-9-18(29)10-21(30)23(19)24-17(13-36(4)33-24)7-20-25(28(38)35(2)3)34-37(12-15-5-6-15)26(20)16-8-22(39-14)27(31)32-11-16/h8-11,13-15H,5-7,12H2,1-4H3,(H2,31,32)/t14-/m1/s1. The highest BCUT2D eigenvalue weighted by Crippen LogP contribution is 2.41. The molecule has 1 saturated carbocycles. The maximum atomic E-state index is 15.5. The third-order valence-corrected chi connectivity index (χ3v) is 7.28. The number of ether oxygens (including phenoxy) is 1. The summed E-state index contributed by atoms with van der Waals surface area (Å²) in [7, 11) is 5.10. The summed E-state index contributed by atoms with van der Waals surface area (Å²) < 4.78 is 39.7. The number of nitrogens with two attached hydrogens (primary N) is 1. The Morgan fingerprint density at radius 1 is 1.21 bits per heavy atom. The monoisotopic (exact) mass is 533 g/mol. The molecule has 4 heterocycles. The summed E-state index contributed by atoms with van der Waals surface area (Å²) in [4.78, 5) is 19.3. The number of nitrogen functional groups attached to an aromatic ring is 1. The van der Waals surface area contributed by atoms with Crippen LogP contribution in [0.5, 0.6) is 5.75 Å². The number of nitrogens with zero attached hydrogens (tertiary/aromatic N) is 6. The fourth-order valence-electron chi connectivity index (χ4n) is 5.22. The lowest BCUT2D eigenvalue weighted by molar-refractivity contribution is 0.0820. The first-order chi connectivity index (χ1) is 18.6. The summed E-state index contributed by atoms with van der Waals surface area (Å²) in [6.07, 6.45) is 5.08. The molecule has 1 fully saturated rings. The van der Waals surface area contributed by atoms with Crippen molar-refractivity contribution in [1.82, 2.24) is 29.4 Å². The van der Waals surface area contributed by atoms with Crippen molar-refractivity contribution < 1.29 is 18.3 Å². The fourth-order valence-corrected chi connectivity index (χ4v) is 5.22. The summed E-state index contributed by atoms with van der Waals surface area (Å²) in [5, 5.41) is 9.38. The number of pyridine rings is 1. The van der Waals surface area contributed by atoms with Crippen LogP contribution in [0.25, 0.3) is 22.5 Å². The van der Waals surface area contributed by atoms with E-state index in [0.717, 1.165) is 24.6 Å². The summed E-state index contributed by atoms with van der Waals surface area (Å²) in [6.45, 7) is 2.35. The van der Waals surface area contributed by atoms with Crippen LogP contribution in [0.1, 0.15) is 53.0 Å². The van der Waals surface area contributed by atoms with Gasteiger partial charge in [-0.3, -0.25) is 14.2 Å². The first-order valence-corrected chi connectivity index (χ1v) is 12.9. The molecule has 0 saturated heterocycles. The van der Waals surface area contributed by atoms with Crippen molar-refractivity contribution in [2.24, 2.45) is 13.0 Å². The zero-order valence-corrected chi connectivity index (χ0v) is 22.2. The van der Waals surface area contributed by atoms with E-state index in [2.05, 4.69) is 10.1 Å². The van der Waals surface area contributed by atoms with E-state index in [4.69, 9.17) is 15.6 Å². The van der Waals surface area contributed by atoms with Crippen molar-refractivity contribution in [2.75, 3.05) is 19.8 Å². The van der Waals surface area contributed by atoms with E-state index in [1.54, 1.807) is 51.2 Å². The van der Waals surface area contributed by atoms with Gasteiger partial charge < -0.3 is 15.4 Å². The molecule has 2 aliphatic rings. The highest BCUT2D eigenvalue weighted by molar-refractivity contribution is 5.95. The largest absolute Gasteiger partial charge is 0.482 e. The van der Waals surface area contributed by atoms with Gasteiger partial charge in [-0.2, -0.15) is 10.2 Å². The zero-order chi connectivity index (χ0) is 27.6. The van der Waals surface area contributed by atoms with Crippen LogP contribution in [0.2, 0.25) is 0 Å². The number of aryl methyl sites for hydroxylation is 1. The number of anilines is 1. The van der Waals surface area contributed by atoms with Gasteiger partial charge in [0.1, 0.15) is 17.7 Å². The Morgan fingerprint density at radius 3 is 2.69 bits per heavy atom. The molecule has 202 valence electrons. The number of carbonyl (C=O) groups is 1. The third-order valence-electron chi connectivity index (χ3n) is 7.28. The molecule has 2 N–H and O–H groups in total. The van der Waals surface area contributed by atoms with Crippen LogP contribution in [-0.4, -0.2) is 49.4 Å². The molecule has 1 amide bonds. The van der Waals surface area contributed by atoms with E-state index >= 15 is 4.39 Å². The van der Waals surface area contributed by atoms with E-state index in [0.29, 0.717) is 40.5 Å². The fraction of sp³-hybridized carbons (Fsp3) is 0.357. The minimum absolute atomic E-state index is 0.134. The summed E-state index contributed by atoms with van der Waals surface area (Å²) in [6, 6.07) is 3.85. The average molecular weight is 534 g/mol. The number of hydrogen-bond acceptors (Lipinski definition) is 6. The van der Waals surface area contributed by atoms with Crippen LogP contribution < -0.4 is 10.5 Å². The highest BCUT2D eigenvalue weighted by atomic mass is 19.1. The van der Waals surface area contributed by atoms with Gasteiger partial charge in [0.2, 0.25) is 0 Å². The molecule has 1 aliphatic heterocycles. The van der Waals surface area contributed by atoms with Crippen molar-refractivity contribution in [2.45, 2.75) is 38.8 Å². The zero-order valence-electron chi connectivity index (χ0n) is 22.2. The van der Waals surface area contributed by atoms with Gasteiger partial charge in [0, 0.05) is 80.4 Å². The molecule has 1 aliphatic carbocycles. The topological polar surface area (TPSA) is 104 Å². The molecule has 39 heavy (non-hydrogen) atoms. The highest BCUT2D eigenvalue weighted by Gasteiger charge is 2.32. The predicted octanol–water partition coefficient (Wildman–Crippen LogP) is 4.36. The van der Waals surface area contributed by atoms with Gasteiger partial charge in [-0.15, -0.1) is 0 Å². The van der Waals surface area contributed by atoms with Gasteiger partial charge in [0.05, 0.1) is 11.4 Å². The first-order valence-electron chi connectivity index (χ1n) is 12.9. The van der Waals surface area contributed by atoms with E-state index in [1.807, 2.05) is 4.68 Å². The van der Waals surface area contributed by atoms with E-state index in [9.17, 15) is 9.18 Å². The van der Waals surface area contributed by atoms with Crippen molar-refractivity contribution >= 4 is 11.7 Å².